The maximum absolute atomic E-state index is 8.77. The molecule has 1 saturated heterocycles. The smallest absolute Gasteiger partial charge is 0.194 e. The van der Waals surface area contributed by atoms with Crippen molar-refractivity contribution in [1.29, 1.82) is 0 Å². The Morgan fingerprint density at radius 2 is 2.53 bits per heavy atom. The third-order valence-electron chi connectivity index (χ3n) is 2.69. The van der Waals surface area contributed by atoms with Gasteiger partial charge in [0.15, 0.2) is 5.89 Å². The molecule has 15 heavy (non-hydrogen) atoms. The summed E-state index contributed by atoms with van der Waals surface area (Å²) in [4.78, 5) is 4.36. The predicted octanol–water partition coefficient (Wildman–Crippen LogP) is 1.90. The van der Waals surface area contributed by atoms with Crippen molar-refractivity contribution in [2.75, 3.05) is 18.1 Å². The molecule has 0 saturated carbocycles. The monoisotopic (exact) mass is 227 g/mol. The Balaban J connectivity index is 1.86. The van der Waals surface area contributed by atoms with Crippen molar-refractivity contribution >= 4 is 11.8 Å². The van der Waals surface area contributed by atoms with Gasteiger partial charge in [-0.2, -0.15) is 11.8 Å². The van der Waals surface area contributed by atoms with E-state index >= 15 is 0 Å². The van der Waals surface area contributed by atoms with Gasteiger partial charge in [-0.15, -0.1) is 0 Å². The van der Waals surface area contributed by atoms with Crippen LogP contribution in [0.4, 0.5) is 0 Å². The summed E-state index contributed by atoms with van der Waals surface area (Å²) in [6.07, 6.45) is 5.84. The number of aliphatic hydroxyl groups is 1. The van der Waals surface area contributed by atoms with E-state index in [4.69, 9.17) is 9.52 Å². The highest BCUT2D eigenvalue weighted by molar-refractivity contribution is 7.99. The van der Waals surface area contributed by atoms with Crippen LogP contribution in [-0.2, 0) is 12.8 Å². The molecule has 0 aliphatic carbocycles. The Morgan fingerprint density at radius 3 is 3.27 bits per heavy atom. The fraction of sp³-hybridized carbons (Fsp3) is 0.727. The van der Waals surface area contributed by atoms with E-state index in [9.17, 15) is 0 Å². The van der Waals surface area contributed by atoms with Gasteiger partial charge in [0, 0.05) is 19.4 Å². The van der Waals surface area contributed by atoms with Crippen LogP contribution >= 0.6 is 11.8 Å². The average molecular weight is 227 g/mol. The van der Waals surface area contributed by atoms with Crippen LogP contribution in [0.5, 0.6) is 0 Å². The zero-order valence-corrected chi connectivity index (χ0v) is 9.63. The molecule has 0 radical (unpaired) electrons. The summed E-state index contributed by atoms with van der Waals surface area (Å²) in [5.74, 6) is 4.10. The standard InChI is InChI=1S/C11H17NO2S/c13-4-3-10-7-14-11(12-10)6-9-2-1-5-15-8-9/h7,9,13H,1-6,8H2. The van der Waals surface area contributed by atoms with Crippen LogP contribution in [0, 0.1) is 5.92 Å². The van der Waals surface area contributed by atoms with Crippen LogP contribution < -0.4 is 0 Å². The van der Waals surface area contributed by atoms with Gasteiger partial charge in [0.05, 0.1) is 5.69 Å². The quantitative estimate of drug-likeness (QED) is 0.853. The van der Waals surface area contributed by atoms with E-state index in [1.807, 2.05) is 11.8 Å². The summed E-state index contributed by atoms with van der Waals surface area (Å²) >= 11 is 2.03. The van der Waals surface area contributed by atoms with E-state index in [1.54, 1.807) is 6.26 Å². The molecule has 3 nitrogen and oxygen atoms in total. The molecular formula is C11H17NO2S. The van der Waals surface area contributed by atoms with Crippen molar-refractivity contribution in [2.45, 2.75) is 25.7 Å². The highest BCUT2D eigenvalue weighted by Gasteiger charge is 2.16. The number of oxazole rings is 1. The van der Waals surface area contributed by atoms with Crippen molar-refractivity contribution in [3.63, 3.8) is 0 Å². The van der Waals surface area contributed by atoms with Gasteiger partial charge in [-0.05, 0) is 30.3 Å². The molecule has 1 aliphatic rings. The van der Waals surface area contributed by atoms with E-state index in [2.05, 4.69) is 4.98 Å². The first-order chi connectivity index (χ1) is 7.38. The lowest BCUT2D eigenvalue weighted by molar-refractivity contribution is 0.298. The SMILES string of the molecule is OCCc1coc(CC2CCCSC2)n1. The Hall–Kier alpha value is -0.480. The zero-order chi connectivity index (χ0) is 10.5. The largest absolute Gasteiger partial charge is 0.449 e. The molecule has 0 spiro atoms. The maximum atomic E-state index is 8.77. The first-order valence-electron chi connectivity index (χ1n) is 5.50. The fourth-order valence-electron chi connectivity index (χ4n) is 1.89. The van der Waals surface area contributed by atoms with Gasteiger partial charge in [0.25, 0.3) is 0 Å². The Labute approximate surface area is 94.3 Å². The van der Waals surface area contributed by atoms with Crippen LogP contribution in [0.1, 0.15) is 24.4 Å². The number of thioether (sulfide) groups is 1. The lowest BCUT2D eigenvalue weighted by Gasteiger charge is -2.19. The molecule has 84 valence electrons. The third kappa shape index (κ3) is 3.24. The van der Waals surface area contributed by atoms with Crippen molar-refractivity contribution in [2.24, 2.45) is 5.92 Å². The predicted molar refractivity (Wildman–Crippen MR) is 61.0 cm³/mol. The normalized spacial score (nSPS) is 21.8. The zero-order valence-electron chi connectivity index (χ0n) is 8.82. The molecule has 0 bridgehead atoms. The van der Waals surface area contributed by atoms with Gasteiger partial charge in [0.1, 0.15) is 6.26 Å². The molecule has 1 aliphatic heterocycles. The summed E-state index contributed by atoms with van der Waals surface area (Å²) in [5, 5.41) is 8.77. The second kappa shape index (κ2) is 5.56. The minimum Gasteiger partial charge on any atom is -0.449 e. The molecule has 0 aromatic carbocycles. The molecule has 4 heteroatoms. The van der Waals surface area contributed by atoms with Crippen molar-refractivity contribution < 1.29 is 9.52 Å². The van der Waals surface area contributed by atoms with Gasteiger partial charge < -0.3 is 9.52 Å². The van der Waals surface area contributed by atoms with Crippen LogP contribution in [0.2, 0.25) is 0 Å². The Kier molecular flexibility index (Phi) is 4.09. The van der Waals surface area contributed by atoms with E-state index in [0.717, 1.165) is 23.9 Å². The second-order valence-corrected chi connectivity index (χ2v) is 5.14. The van der Waals surface area contributed by atoms with E-state index < -0.39 is 0 Å². The summed E-state index contributed by atoms with van der Waals surface area (Å²) < 4.78 is 5.39. The Bertz CT molecular complexity index is 295. The lowest BCUT2D eigenvalue weighted by atomic mass is 10.0. The lowest BCUT2D eigenvalue weighted by Crippen LogP contribution is -2.13. The van der Waals surface area contributed by atoms with E-state index in [0.29, 0.717) is 6.42 Å². The van der Waals surface area contributed by atoms with Crippen molar-refractivity contribution in [3.05, 3.63) is 17.8 Å². The number of hydrogen-bond donors (Lipinski definition) is 1. The highest BCUT2D eigenvalue weighted by atomic mass is 32.2. The van der Waals surface area contributed by atoms with Crippen LogP contribution in [0.25, 0.3) is 0 Å². The van der Waals surface area contributed by atoms with Crippen LogP contribution in [0.15, 0.2) is 10.7 Å². The third-order valence-corrected chi connectivity index (χ3v) is 3.97. The molecule has 1 N–H and O–H groups in total. The maximum Gasteiger partial charge on any atom is 0.194 e. The van der Waals surface area contributed by atoms with Crippen molar-refractivity contribution in [1.82, 2.24) is 4.98 Å². The average Bonchev–Trinajstić information content (AvgIpc) is 2.68. The topological polar surface area (TPSA) is 46.3 Å². The summed E-state index contributed by atoms with van der Waals surface area (Å²) in [6.45, 7) is 0.144. The van der Waals surface area contributed by atoms with E-state index in [-0.39, 0.29) is 6.61 Å². The number of rotatable bonds is 4. The van der Waals surface area contributed by atoms with Gasteiger partial charge in [-0.25, -0.2) is 4.98 Å². The molecule has 2 heterocycles. The van der Waals surface area contributed by atoms with E-state index in [1.165, 1.54) is 24.3 Å². The molecule has 1 atom stereocenters. The van der Waals surface area contributed by atoms with Gasteiger partial charge in [-0.3, -0.25) is 0 Å². The summed E-state index contributed by atoms with van der Waals surface area (Å²) in [7, 11) is 0. The van der Waals surface area contributed by atoms with Gasteiger partial charge >= 0.3 is 0 Å². The number of aromatic nitrogens is 1. The molecule has 2 rings (SSSR count). The van der Waals surface area contributed by atoms with Crippen LogP contribution in [0.3, 0.4) is 0 Å². The molecular weight excluding hydrogens is 210 g/mol. The minimum atomic E-state index is 0.144. The number of aliphatic hydroxyl groups excluding tert-OH is 1. The molecule has 1 aromatic heterocycles. The second-order valence-electron chi connectivity index (χ2n) is 3.99. The molecule has 1 unspecified atom stereocenters. The molecule has 1 aromatic rings. The summed E-state index contributed by atoms with van der Waals surface area (Å²) in [6, 6.07) is 0. The Morgan fingerprint density at radius 1 is 1.60 bits per heavy atom. The highest BCUT2D eigenvalue weighted by Crippen LogP contribution is 2.25. The van der Waals surface area contributed by atoms with Gasteiger partial charge in [-0.1, -0.05) is 0 Å². The first-order valence-corrected chi connectivity index (χ1v) is 6.66. The number of hydrogen-bond acceptors (Lipinski definition) is 4. The van der Waals surface area contributed by atoms with Crippen molar-refractivity contribution in [3.8, 4) is 0 Å². The molecule has 0 amide bonds. The fourth-order valence-corrected chi connectivity index (χ4v) is 3.04. The minimum absolute atomic E-state index is 0.144. The van der Waals surface area contributed by atoms with Gasteiger partial charge in [0.2, 0.25) is 0 Å². The molecule has 1 fully saturated rings. The number of nitrogens with zero attached hydrogens (tertiary/aromatic N) is 1. The first kappa shape index (κ1) is 11.0. The van der Waals surface area contributed by atoms with Crippen LogP contribution in [-0.4, -0.2) is 28.2 Å². The summed E-state index contributed by atoms with van der Waals surface area (Å²) in [5.41, 5.74) is 0.871.